The number of likely N-dealkylation sites (tertiary alicyclic amines) is 1. The van der Waals surface area contributed by atoms with Crippen LogP contribution in [0.2, 0.25) is 0 Å². The molecule has 4 rings (SSSR count). The lowest BCUT2D eigenvalue weighted by molar-refractivity contribution is -0.384. The molecule has 10 heteroatoms. The Kier molecular flexibility index (Phi) is 7.13. The van der Waals surface area contributed by atoms with E-state index in [2.05, 4.69) is 9.62 Å². The highest BCUT2D eigenvalue weighted by molar-refractivity contribution is 8.00. The molecule has 0 amide bonds. The van der Waals surface area contributed by atoms with E-state index in [9.17, 15) is 10.1 Å². The van der Waals surface area contributed by atoms with Crippen molar-refractivity contribution < 1.29 is 14.4 Å². The number of hydrogen-bond acceptors (Lipinski definition) is 9. The van der Waals surface area contributed by atoms with Gasteiger partial charge in [-0.25, -0.2) is 4.98 Å². The number of ether oxygens (including phenoxy) is 2. The molecule has 8 nitrogen and oxygen atoms in total. The summed E-state index contributed by atoms with van der Waals surface area (Å²) in [6.45, 7) is 2.92. The van der Waals surface area contributed by atoms with Gasteiger partial charge < -0.3 is 14.2 Å². The van der Waals surface area contributed by atoms with Gasteiger partial charge in [-0.3, -0.25) is 15.0 Å². The van der Waals surface area contributed by atoms with E-state index in [-0.39, 0.29) is 10.6 Å². The van der Waals surface area contributed by atoms with Crippen LogP contribution in [0.25, 0.3) is 11.3 Å². The Morgan fingerprint density at radius 2 is 1.94 bits per heavy atom. The number of nitro benzene ring substituents is 1. The highest BCUT2D eigenvalue weighted by Crippen LogP contribution is 2.37. The van der Waals surface area contributed by atoms with Crippen LogP contribution in [-0.4, -0.2) is 42.1 Å². The van der Waals surface area contributed by atoms with Gasteiger partial charge in [-0.1, -0.05) is 23.5 Å². The lowest BCUT2D eigenvalue weighted by Gasteiger charge is -2.13. The van der Waals surface area contributed by atoms with Gasteiger partial charge in [-0.05, 0) is 56.1 Å². The van der Waals surface area contributed by atoms with Crippen LogP contribution in [0.4, 0.5) is 10.8 Å². The number of anilines is 1. The second-order valence-corrected chi connectivity index (χ2v) is 9.27. The number of rotatable bonds is 9. The number of aromatic nitrogens is 1. The number of nitrogens with one attached hydrogen (secondary N) is 1. The summed E-state index contributed by atoms with van der Waals surface area (Å²) in [5.41, 5.74) is 1.62. The summed E-state index contributed by atoms with van der Waals surface area (Å²) in [7, 11) is 3.21. The van der Waals surface area contributed by atoms with E-state index in [0.29, 0.717) is 11.5 Å². The van der Waals surface area contributed by atoms with Crippen molar-refractivity contribution in [3.05, 3.63) is 57.5 Å². The van der Waals surface area contributed by atoms with E-state index in [1.165, 1.54) is 30.9 Å². The van der Waals surface area contributed by atoms with E-state index >= 15 is 0 Å². The SMILES string of the molecule is COc1ccc(SNc2nc(-c3cccc([N+](=O)[O-])c3)c(CN3CCCC3)s2)cc1OC. The fourth-order valence-corrected chi connectivity index (χ4v) is 5.34. The van der Waals surface area contributed by atoms with Crippen LogP contribution in [0.1, 0.15) is 17.7 Å². The van der Waals surface area contributed by atoms with Crippen molar-refractivity contribution in [2.24, 2.45) is 0 Å². The predicted molar refractivity (Wildman–Crippen MR) is 128 cm³/mol. The zero-order chi connectivity index (χ0) is 22.5. The molecule has 0 saturated carbocycles. The van der Waals surface area contributed by atoms with Gasteiger partial charge in [-0.15, -0.1) is 0 Å². The van der Waals surface area contributed by atoms with Crippen LogP contribution in [0.15, 0.2) is 47.4 Å². The maximum absolute atomic E-state index is 11.3. The second kappa shape index (κ2) is 10.2. The highest BCUT2D eigenvalue weighted by atomic mass is 32.2. The average molecular weight is 473 g/mol. The van der Waals surface area contributed by atoms with Crippen molar-refractivity contribution in [1.82, 2.24) is 9.88 Å². The van der Waals surface area contributed by atoms with Crippen molar-refractivity contribution in [2.75, 3.05) is 32.0 Å². The molecule has 0 unspecified atom stereocenters. The largest absolute Gasteiger partial charge is 0.493 e. The van der Waals surface area contributed by atoms with Crippen molar-refractivity contribution >= 4 is 34.1 Å². The smallest absolute Gasteiger partial charge is 0.270 e. The Bertz CT molecular complexity index is 1100. The number of nitrogens with zero attached hydrogens (tertiary/aromatic N) is 3. The normalized spacial score (nSPS) is 13.8. The minimum Gasteiger partial charge on any atom is -0.493 e. The van der Waals surface area contributed by atoms with E-state index in [1.54, 1.807) is 37.7 Å². The first-order valence-electron chi connectivity index (χ1n) is 10.2. The zero-order valence-electron chi connectivity index (χ0n) is 17.9. The maximum atomic E-state index is 11.3. The lowest BCUT2D eigenvalue weighted by Crippen LogP contribution is -2.18. The highest BCUT2D eigenvalue weighted by Gasteiger charge is 2.20. The first kappa shape index (κ1) is 22.4. The Balaban J connectivity index is 1.59. The van der Waals surface area contributed by atoms with E-state index in [4.69, 9.17) is 14.5 Å². The van der Waals surface area contributed by atoms with Crippen LogP contribution in [0.3, 0.4) is 0 Å². The molecule has 1 aliphatic rings. The number of thiazole rings is 1. The quantitative estimate of drug-likeness (QED) is 0.250. The zero-order valence-corrected chi connectivity index (χ0v) is 19.5. The number of nitro groups is 1. The molecule has 1 N–H and O–H groups in total. The van der Waals surface area contributed by atoms with Crippen molar-refractivity contribution in [3.63, 3.8) is 0 Å². The van der Waals surface area contributed by atoms with Crippen LogP contribution >= 0.6 is 23.3 Å². The third-order valence-corrected chi connectivity index (χ3v) is 7.07. The van der Waals surface area contributed by atoms with Crippen molar-refractivity contribution in [1.29, 1.82) is 0 Å². The Morgan fingerprint density at radius 3 is 2.66 bits per heavy atom. The van der Waals surface area contributed by atoms with Gasteiger partial charge in [0, 0.05) is 34.0 Å². The Morgan fingerprint density at radius 1 is 1.16 bits per heavy atom. The number of hydrogen-bond donors (Lipinski definition) is 1. The van der Waals surface area contributed by atoms with Gasteiger partial charge in [0.25, 0.3) is 5.69 Å². The molecule has 168 valence electrons. The fourth-order valence-electron chi connectivity index (χ4n) is 3.62. The number of benzene rings is 2. The molecule has 1 fully saturated rings. The van der Waals surface area contributed by atoms with Gasteiger partial charge in [0.2, 0.25) is 0 Å². The van der Waals surface area contributed by atoms with Crippen molar-refractivity contribution in [2.45, 2.75) is 24.3 Å². The van der Waals surface area contributed by atoms with E-state index < -0.39 is 0 Å². The summed E-state index contributed by atoms with van der Waals surface area (Å²) >= 11 is 3.01. The van der Waals surface area contributed by atoms with E-state index in [0.717, 1.165) is 45.8 Å². The first-order valence-corrected chi connectivity index (χ1v) is 11.8. The van der Waals surface area contributed by atoms with E-state index in [1.807, 2.05) is 24.3 Å². The van der Waals surface area contributed by atoms with Crippen LogP contribution in [-0.2, 0) is 6.54 Å². The van der Waals surface area contributed by atoms with Crippen LogP contribution < -0.4 is 14.2 Å². The molecule has 0 aliphatic carbocycles. The standard InChI is InChI=1S/C22H24N4O4S2/c1-29-18-9-8-17(13-19(18)30-2)32-24-22-23-21(15-6-5-7-16(12-15)26(27)28)20(31-22)14-25-10-3-4-11-25/h5-9,12-13H,3-4,10-11,14H2,1-2H3,(H,23,24). The molecule has 2 heterocycles. The number of methoxy groups -OCH3 is 2. The monoisotopic (exact) mass is 472 g/mol. The van der Waals surface area contributed by atoms with Crippen molar-refractivity contribution in [3.8, 4) is 22.8 Å². The third kappa shape index (κ3) is 5.14. The summed E-state index contributed by atoms with van der Waals surface area (Å²) < 4.78 is 14.0. The molecule has 0 radical (unpaired) electrons. The molecule has 0 bridgehead atoms. The average Bonchev–Trinajstić information content (AvgIpc) is 3.47. The molecular formula is C22H24N4O4S2. The fraction of sp³-hybridized carbons (Fsp3) is 0.318. The summed E-state index contributed by atoms with van der Waals surface area (Å²) in [5, 5.41) is 12.0. The molecule has 1 aliphatic heterocycles. The summed E-state index contributed by atoms with van der Waals surface area (Å²) in [6.07, 6.45) is 2.40. The molecule has 1 saturated heterocycles. The second-order valence-electron chi connectivity index (χ2n) is 7.30. The van der Waals surface area contributed by atoms with Gasteiger partial charge in [0.15, 0.2) is 16.6 Å². The summed E-state index contributed by atoms with van der Waals surface area (Å²) in [5.74, 6) is 1.33. The molecule has 1 aromatic heterocycles. The van der Waals surface area contributed by atoms with Gasteiger partial charge in [-0.2, -0.15) is 0 Å². The Hall–Kier alpha value is -2.82. The minimum atomic E-state index is -0.373. The lowest BCUT2D eigenvalue weighted by atomic mass is 10.1. The minimum absolute atomic E-state index is 0.0665. The first-order chi connectivity index (χ1) is 15.6. The van der Waals surface area contributed by atoms with Gasteiger partial charge >= 0.3 is 0 Å². The van der Waals surface area contributed by atoms with Crippen LogP contribution in [0, 0.1) is 10.1 Å². The predicted octanol–water partition coefficient (Wildman–Crippen LogP) is 5.45. The van der Waals surface area contributed by atoms with Gasteiger partial charge in [0.1, 0.15) is 0 Å². The molecule has 2 aromatic carbocycles. The maximum Gasteiger partial charge on any atom is 0.270 e. The molecule has 0 atom stereocenters. The number of non-ortho nitro benzene ring substituents is 1. The van der Waals surface area contributed by atoms with Crippen LogP contribution in [0.5, 0.6) is 11.5 Å². The van der Waals surface area contributed by atoms with Gasteiger partial charge in [0.05, 0.1) is 24.8 Å². The third-order valence-electron chi connectivity index (χ3n) is 5.20. The molecular weight excluding hydrogens is 448 g/mol. The topological polar surface area (TPSA) is 89.8 Å². The molecule has 32 heavy (non-hydrogen) atoms. The summed E-state index contributed by atoms with van der Waals surface area (Å²) in [4.78, 5) is 20.1. The summed E-state index contributed by atoms with van der Waals surface area (Å²) in [6, 6.07) is 12.4. The molecule has 0 spiro atoms. The Labute approximate surface area is 194 Å². The molecule has 3 aromatic rings.